The zero-order valence-electron chi connectivity index (χ0n) is 11.2. The van der Waals surface area contributed by atoms with Gasteiger partial charge in [-0.1, -0.05) is 0 Å². The fourth-order valence-electron chi connectivity index (χ4n) is 1.67. The highest BCUT2D eigenvalue weighted by Crippen LogP contribution is 2.51. The van der Waals surface area contributed by atoms with Crippen LogP contribution in [0.15, 0.2) is 18.2 Å². The van der Waals surface area contributed by atoms with Crippen molar-refractivity contribution < 1.29 is 30.7 Å². The summed E-state index contributed by atoms with van der Waals surface area (Å²) in [5.74, 6) is -14.0. The van der Waals surface area contributed by atoms with Gasteiger partial charge >= 0.3 is 18.0 Å². The fourth-order valence-corrected chi connectivity index (χ4v) is 1.67. The average molecular weight is 343 g/mol. The van der Waals surface area contributed by atoms with E-state index in [0.717, 1.165) is 12.1 Å². The van der Waals surface area contributed by atoms with Crippen LogP contribution in [0, 0.1) is 6.92 Å². The van der Waals surface area contributed by atoms with Crippen LogP contribution in [-0.2, 0) is 5.92 Å². The van der Waals surface area contributed by atoms with Crippen molar-refractivity contribution in [2.45, 2.75) is 24.9 Å². The van der Waals surface area contributed by atoms with Crippen LogP contribution in [0.3, 0.4) is 0 Å². The smallest absolute Gasteiger partial charge is 0.399 e. The molecule has 2 N–H and O–H groups in total. The van der Waals surface area contributed by atoms with Gasteiger partial charge in [-0.2, -0.15) is 35.4 Å². The lowest BCUT2D eigenvalue weighted by molar-refractivity contribution is -0.361. The van der Waals surface area contributed by atoms with Gasteiger partial charge in [0.2, 0.25) is 5.82 Å². The van der Waals surface area contributed by atoms with Crippen LogP contribution >= 0.6 is 0 Å². The van der Waals surface area contributed by atoms with E-state index in [1.54, 1.807) is 0 Å². The molecule has 1 aromatic heterocycles. The Hall–Kier alpha value is -2.40. The number of alkyl halides is 7. The van der Waals surface area contributed by atoms with E-state index in [0.29, 0.717) is 5.56 Å². The van der Waals surface area contributed by atoms with Gasteiger partial charge in [-0.15, -0.1) is 5.10 Å². The van der Waals surface area contributed by atoms with Gasteiger partial charge in [0.1, 0.15) is 0 Å². The van der Waals surface area contributed by atoms with Gasteiger partial charge in [0, 0.05) is 5.69 Å². The van der Waals surface area contributed by atoms with Crippen LogP contribution in [-0.4, -0.2) is 32.3 Å². The van der Waals surface area contributed by atoms with Gasteiger partial charge in [0.15, 0.2) is 0 Å². The summed E-state index contributed by atoms with van der Waals surface area (Å²) in [5.41, 5.74) is 5.90. The van der Waals surface area contributed by atoms with E-state index in [4.69, 9.17) is 5.73 Å². The van der Waals surface area contributed by atoms with Crippen molar-refractivity contribution in [3.8, 4) is 5.69 Å². The molecule has 0 radical (unpaired) electrons. The summed E-state index contributed by atoms with van der Waals surface area (Å²) in [6.07, 6.45) is -6.48. The molecule has 0 saturated carbocycles. The zero-order valence-corrected chi connectivity index (χ0v) is 11.2. The Morgan fingerprint density at radius 1 is 1.04 bits per heavy atom. The monoisotopic (exact) mass is 343 g/mol. The van der Waals surface area contributed by atoms with E-state index in [1.165, 1.54) is 13.0 Å². The number of hydrogen-bond donors (Lipinski definition) is 1. The van der Waals surface area contributed by atoms with E-state index in [-0.39, 0.29) is 16.1 Å². The lowest BCUT2D eigenvalue weighted by Crippen LogP contribution is -2.51. The number of tetrazole rings is 1. The molecule has 0 aliphatic carbocycles. The maximum Gasteiger partial charge on any atom is 0.460 e. The number of rotatable bonds is 3. The molecule has 23 heavy (non-hydrogen) atoms. The number of aromatic nitrogens is 4. The fraction of sp³-hybridized carbons (Fsp3) is 0.364. The molecular formula is C11H8F7N5. The second-order valence-electron chi connectivity index (χ2n) is 4.60. The summed E-state index contributed by atoms with van der Waals surface area (Å²) in [4.78, 5) is 0. The number of benzene rings is 1. The van der Waals surface area contributed by atoms with E-state index in [1.807, 2.05) is 0 Å². The molecule has 0 amide bonds. The molecular weight excluding hydrogens is 335 g/mol. The Balaban J connectivity index is 2.59. The molecule has 1 aromatic carbocycles. The normalized spacial score (nSPS) is 13.4. The highest BCUT2D eigenvalue weighted by Gasteiger charge is 2.75. The maximum absolute atomic E-state index is 13.7. The summed E-state index contributed by atoms with van der Waals surface area (Å²) in [5, 5.41) is 8.45. The maximum atomic E-state index is 13.7. The molecule has 2 rings (SSSR count). The molecule has 0 fully saturated rings. The summed E-state index contributed by atoms with van der Waals surface area (Å²) in [6.45, 7) is 1.48. The van der Waals surface area contributed by atoms with Crippen molar-refractivity contribution in [1.29, 1.82) is 0 Å². The van der Waals surface area contributed by atoms with Gasteiger partial charge in [-0.05, 0) is 41.1 Å². The number of aryl methyl sites for hydroxylation is 1. The molecule has 0 aliphatic rings. The lowest BCUT2D eigenvalue weighted by Gasteiger charge is -2.27. The third-order valence-electron chi connectivity index (χ3n) is 3.00. The summed E-state index contributed by atoms with van der Waals surface area (Å²) in [6, 6.07) is 3.51. The molecule has 1 heterocycles. The van der Waals surface area contributed by atoms with Crippen molar-refractivity contribution in [1.82, 2.24) is 20.2 Å². The number of nitrogens with zero attached hydrogens (tertiary/aromatic N) is 4. The van der Waals surface area contributed by atoms with Gasteiger partial charge in [0.25, 0.3) is 0 Å². The first-order chi connectivity index (χ1) is 10.4. The van der Waals surface area contributed by atoms with Crippen molar-refractivity contribution in [2.24, 2.45) is 0 Å². The minimum Gasteiger partial charge on any atom is -0.399 e. The highest BCUT2D eigenvalue weighted by atomic mass is 19.4. The molecule has 5 nitrogen and oxygen atoms in total. The first kappa shape index (κ1) is 17.0. The molecule has 0 unspecified atom stereocenters. The van der Waals surface area contributed by atoms with Gasteiger partial charge in [-0.25, -0.2) is 0 Å². The second-order valence-corrected chi connectivity index (χ2v) is 4.60. The van der Waals surface area contributed by atoms with Gasteiger partial charge < -0.3 is 5.73 Å². The largest absolute Gasteiger partial charge is 0.460 e. The number of halogens is 7. The Morgan fingerprint density at radius 2 is 1.65 bits per heavy atom. The van der Waals surface area contributed by atoms with E-state index < -0.39 is 23.8 Å². The summed E-state index contributed by atoms with van der Waals surface area (Å²) >= 11 is 0. The quantitative estimate of drug-likeness (QED) is 0.687. The molecule has 2 aromatic rings. The molecule has 12 heteroatoms. The second kappa shape index (κ2) is 5.06. The van der Waals surface area contributed by atoms with Gasteiger partial charge in [-0.3, -0.25) is 0 Å². The van der Waals surface area contributed by atoms with Crippen LogP contribution in [0.5, 0.6) is 0 Å². The summed E-state index contributed by atoms with van der Waals surface area (Å²) < 4.78 is 90.5. The van der Waals surface area contributed by atoms with Crippen LogP contribution in [0.1, 0.15) is 11.4 Å². The Morgan fingerprint density at radius 3 is 2.17 bits per heavy atom. The van der Waals surface area contributed by atoms with E-state index >= 15 is 0 Å². The number of anilines is 1. The number of hydrogen-bond acceptors (Lipinski definition) is 4. The Kier molecular flexibility index (Phi) is 3.73. The molecule has 0 saturated heterocycles. The van der Waals surface area contributed by atoms with Crippen molar-refractivity contribution in [3.63, 3.8) is 0 Å². The van der Waals surface area contributed by atoms with Crippen LogP contribution < -0.4 is 5.73 Å². The molecule has 0 spiro atoms. The predicted molar refractivity (Wildman–Crippen MR) is 63.2 cm³/mol. The van der Waals surface area contributed by atoms with Crippen molar-refractivity contribution in [3.05, 3.63) is 29.6 Å². The number of nitrogen functional groups attached to an aromatic ring is 1. The van der Waals surface area contributed by atoms with E-state index in [2.05, 4.69) is 15.5 Å². The highest BCUT2D eigenvalue weighted by molar-refractivity contribution is 5.51. The third kappa shape index (κ3) is 2.57. The minimum atomic E-state index is -6.48. The minimum absolute atomic E-state index is 0.103. The molecule has 0 atom stereocenters. The SMILES string of the molecule is Cc1cc(-n2nnnc2C(F)(F)C(F)(F)C(F)(F)F)ccc1N. The Bertz CT molecular complexity index is 722. The van der Waals surface area contributed by atoms with Crippen molar-refractivity contribution in [2.75, 3.05) is 5.73 Å². The van der Waals surface area contributed by atoms with E-state index in [9.17, 15) is 30.7 Å². The van der Waals surface area contributed by atoms with Gasteiger partial charge in [0.05, 0.1) is 5.69 Å². The molecule has 126 valence electrons. The first-order valence-electron chi connectivity index (χ1n) is 5.87. The summed E-state index contributed by atoms with van der Waals surface area (Å²) in [7, 11) is 0. The molecule has 0 aliphatic heterocycles. The topological polar surface area (TPSA) is 69.6 Å². The standard InChI is InChI=1S/C11H8F7N5/c1-5-4-6(2-3-7(5)19)23-8(20-21-22-23)9(12,13)10(14,15)11(16,17)18/h2-4H,19H2,1H3. The average Bonchev–Trinajstić information content (AvgIpc) is 2.90. The third-order valence-corrected chi connectivity index (χ3v) is 3.00. The van der Waals surface area contributed by atoms with Crippen LogP contribution in [0.2, 0.25) is 0 Å². The van der Waals surface area contributed by atoms with Crippen LogP contribution in [0.25, 0.3) is 5.69 Å². The van der Waals surface area contributed by atoms with Crippen LogP contribution in [0.4, 0.5) is 36.4 Å². The molecule has 0 bridgehead atoms. The first-order valence-corrected chi connectivity index (χ1v) is 5.87. The number of nitrogens with two attached hydrogens (primary N) is 1. The zero-order chi connectivity index (χ0) is 17.6. The van der Waals surface area contributed by atoms with Crippen molar-refractivity contribution >= 4 is 5.69 Å². The Labute approximate surface area is 123 Å². The predicted octanol–water partition coefficient (Wildman–Crippen LogP) is 2.84. The lowest BCUT2D eigenvalue weighted by atomic mass is 10.1.